The summed E-state index contributed by atoms with van der Waals surface area (Å²) in [5.74, 6) is 1.65. The fourth-order valence-electron chi connectivity index (χ4n) is 3.37. The Labute approximate surface area is 139 Å². The summed E-state index contributed by atoms with van der Waals surface area (Å²) in [5.41, 5.74) is 3.59. The van der Waals surface area contributed by atoms with Gasteiger partial charge in [0.25, 0.3) is 0 Å². The van der Waals surface area contributed by atoms with Crippen LogP contribution >= 0.6 is 11.3 Å². The first kappa shape index (κ1) is 14.7. The van der Waals surface area contributed by atoms with Crippen LogP contribution in [-0.2, 0) is 6.54 Å². The molecule has 4 heterocycles. The van der Waals surface area contributed by atoms with Crippen molar-refractivity contribution in [2.24, 2.45) is 0 Å². The topological polar surface area (TPSA) is 60.6 Å². The molecule has 4 rings (SSSR count). The number of aromatic nitrogens is 4. The second-order valence-electron chi connectivity index (χ2n) is 6.27. The number of nitrogens with one attached hydrogen (secondary N) is 2. The van der Waals surface area contributed by atoms with Crippen molar-refractivity contribution in [1.82, 2.24) is 25.1 Å². The van der Waals surface area contributed by atoms with Crippen molar-refractivity contribution in [1.29, 1.82) is 0 Å². The minimum Gasteiger partial charge on any atom is -0.346 e. The van der Waals surface area contributed by atoms with Gasteiger partial charge in [-0.05, 0) is 37.8 Å². The van der Waals surface area contributed by atoms with Crippen molar-refractivity contribution in [3.8, 4) is 10.6 Å². The first-order chi connectivity index (χ1) is 11.3. The number of aromatic amines is 2. The monoisotopic (exact) mass is 327 g/mol. The number of thiophene rings is 1. The number of aryl methyl sites for hydroxylation is 1. The van der Waals surface area contributed by atoms with Crippen LogP contribution in [0.2, 0.25) is 0 Å². The molecule has 1 atom stereocenters. The summed E-state index contributed by atoms with van der Waals surface area (Å²) in [4.78, 5) is 11.7. The number of nitrogens with zero attached hydrogens (tertiary/aromatic N) is 3. The Morgan fingerprint density at radius 1 is 1.39 bits per heavy atom. The summed E-state index contributed by atoms with van der Waals surface area (Å²) >= 11 is 1.75. The lowest BCUT2D eigenvalue weighted by Gasteiger charge is -2.31. The summed E-state index contributed by atoms with van der Waals surface area (Å²) in [5, 5.41) is 9.53. The van der Waals surface area contributed by atoms with Gasteiger partial charge in [-0.3, -0.25) is 10.00 Å². The molecule has 0 radical (unpaired) electrons. The quantitative estimate of drug-likeness (QED) is 0.770. The maximum atomic E-state index is 4.53. The van der Waals surface area contributed by atoms with E-state index >= 15 is 0 Å². The summed E-state index contributed by atoms with van der Waals surface area (Å²) < 4.78 is 0. The molecule has 23 heavy (non-hydrogen) atoms. The lowest BCUT2D eigenvalue weighted by molar-refractivity contribution is 0.197. The maximum absolute atomic E-state index is 4.53. The third-order valence-corrected chi connectivity index (χ3v) is 5.38. The van der Waals surface area contributed by atoms with Gasteiger partial charge in [0.2, 0.25) is 0 Å². The molecule has 3 aromatic heterocycles. The van der Waals surface area contributed by atoms with E-state index in [0.29, 0.717) is 5.92 Å². The summed E-state index contributed by atoms with van der Waals surface area (Å²) in [6, 6.07) is 4.23. The first-order valence-corrected chi connectivity index (χ1v) is 8.97. The molecule has 0 amide bonds. The van der Waals surface area contributed by atoms with Crippen molar-refractivity contribution in [2.75, 3.05) is 13.1 Å². The Balaban J connectivity index is 1.48. The molecule has 120 valence electrons. The molecule has 0 aromatic carbocycles. The largest absolute Gasteiger partial charge is 0.346 e. The van der Waals surface area contributed by atoms with Crippen LogP contribution in [0.5, 0.6) is 0 Å². The normalized spacial score (nSPS) is 19.3. The minimum absolute atomic E-state index is 0.509. The van der Waals surface area contributed by atoms with E-state index in [2.05, 4.69) is 49.5 Å². The van der Waals surface area contributed by atoms with E-state index in [1.165, 1.54) is 23.3 Å². The fraction of sp³-hybridized carbons (Fsp3) is 0.412. The van der Waals surface area contributed by atoms with Gasteiger partial charge in [0, 0.05) is 36.5 Å². The third kappa shape index (κ3) is 3.09. The zero-order chi connectivity index (χ0) is 15.6. The molecule has 3 aromatic rings. The Kier molecular flexibility index (Phi) is 4.01. The van der Waals surface area contributed by atoms with E-state index in [9.17, 15) is 0 Å². The Morgan fingerprint density at radius 2 is 2.35 bits per heavy atom. The highest BCUT2D eigenvalue weighted by atomic mass is 32.1. The van der Waals surface area contributed by atoms with Gasteiger partial charge >= 0.3 is 0 Å². The number of imidazole rings is 1. The first-order valence-electron chi connectivity index (χ1n) is 8.09. The molecule has 0 aliphatic carbocycles. The van der Waals surface area contributed by atoms with Gasteiger partial charge in [0.15, 0.2) is 0 Å². The van der Waals surface area contributed by atoms with E-state index in [0.717, 1.165) is 36.8 Å². The van der Waals surface area contributed by atoms with Gasteiger partial charge in [-0.25, -0.2) is 4.98 Å². The predicted octanol–water partition coefficient (Wildman–Crippen LogP) is 3.55. The maximum Gasteiger partial charge on any atom is 0.110 e. The van der Waals surface area contributed by atoms with Crippen molar-refractivity contribution in [2.45, 2.75) is 32.2 Å². The average molecular weight is 327 g/mol. The van der Waals surface area contributed by atoms with E-state index in [4.69, 9.17) is 0 Å². The number of hydrogen-bond acceptors (Lipinski definition) is 4. The zero-order valence-electron chi connectivity index (χ0n) is 13.2. The van der Waals surface area contributed by atoms with Crippen LogP contribution < -0.4 is 0 Å². The highest BCUT2D eigenvalue weighted by Gasteiger charge is 2.24. The Morgan fingerprint density at radius 3 is 3.13 bits per heavy atom. The number of H-pyrrole nitrogens is 2. The lowest BCUT2D eigenvalue weighted by Crippen LogP contribution is -2.34. The Hall–Kier alpha value is -1.92. The molecule has 0 bridgehead atoms. The predicted molar refractivity (Wildman–Crippen MR) is 92.5 cm³/mol. The van der Waals surface area contributed by atoms with Crippen molar-refractivity contribution >= 4 is 11.3 Å². The highest BCUT2D eigenvalue weighted by molar-refractivity contribution is 7.13. The molecule has 0 unspecified atom stereocenters. The number of hydrogen-bond donors (Lipinski definition) is 2. The molecule has 2 N–H and O–H groups in total. The van der Waals surface area contributed by atoms with E-state index < -0.39 is 0 Å². The third-order valence-electron chi connectivity index (χ3n) is 4.49. The fourth-order valence-corrected chi connectivity index (χ4v) is 4.12. The molecule has 1 fully saturated rings. The molecule has 6 heteroatoms. The highest BCUT2D eigenvalue weighted by Crippen LogP contribution is 2.29. The number of likely N-dealkylation sites (tertiary alicyclic amines) is 1. The van der Waals surface area contributed by atoms with Gasteiger partial charge in [0.05, 0.1) is 16.8 Å². The molecule has 1 saturated heterocycles. The molecular weight excluding hydrogens is 306 g/mol. The lowest BCUT2D eigenvalue weighted by atomic mass is 9.97. The van der Waals surface area contributed by atoms with E-state index in [1.54, 1.807) is 11.3 Å². The average Bonchev–Trinajstić information content (AvgIpc) is 3.28. The minimum atomic E-state index is 0.509. The second-order valence-corrected chi connectivity index (χ2v) is 7.22. The summed E-state index contributed by atoms with van der Waals surface area (Å²) in [6.07, 6.45) is 6.33. The van der Waals surface area contributed by atoms with Crippen molar-refractivity contribution in [3.63, 3.8) is 0 Å². The molecule has 0 spiro atoms. The van der Waals surface area contributed by atoms with Crippen LogP contribution in [0, 0.1) is 6.92 Å². The van der Waals surface area contributed by atoms with Crippen LogP contribution in [-0.4, -0.2) is 38.2 Å². The summed E-state index contributed by atoms with van der Waals surface area (Å²) in [6.45, 7) is 5.21. The smallest absolute Gasteiger partial charge is 0.110 e. The van der Waals surface area contributed by atoms with Gasteiger partial charge in [-0.15, -0.1) is 11.3 Å². The molecule has 0 saturated carbocycles. The van der Waals surface area contributed by atoms with Crippen molar-refractivity contribution in [3.05, 3.63) is 47.0 Å². The zero-order valence-corrected chi connectivity index (χ0v) is 14.1. The van der Waals surface area contributed by atoms with E-state index in [1.807, 2.05) is 12.4 Å². The van der Waals surface area contributed by atoms with Crippen LogP contribution in [0.3, 0.4) is 0 Å². The molecule has 1 aliphatic rings. The summed E-state index contributed by atoms with van der Waals surface area (Å²) in [7, 11) is 0. The number of piperidine rings is 1. The van der Waals surface area contributed by atoms with Gasteiger partial charge in [-0.2, -0.15) is 5.10 Å². The van der Waals surface area contributed by atoms with Crippen LogP contribution in [0.15, 0.2) is 29.9 Å². The Bertz CT molecular complexity index is 758. The second kappa shape index (κ2) is 6.29. The number of rotatable bonds is 4. The van der Waals surface area contributed by atoms with E-state index in [-0.39, 0.29) is 0 Å². The van der Waals surface area contributed by atoms with Crippen LogP contribution in [0.4, 0.5) is 0 Å². The standard InChI is InChI=1S/C17H21N5S/c1-12-8-18-17(20-12)13-4-2-6-22(10-13)11-14-9-19-21-16(14)15-5-3-7-23-15/h3,5,7-9,13H,2,4,6,10-11H2,1H3,(H,18,20)(H,19,21)/t13-/m0/s1. The van der Waals surface area contributed by atoms with Crippen LogP contribution in [0.1, 0.15) is 35.8 Å². The van der Waals surface area contributed by atoms with Gasteiger partial charge in [0.1, 0.15) is 5.82 Å². The van der Waals surface area contributed by atoms with Gasteiger partial charge < -0.3 is 4.98 Å². The molecule has 1 aliphatic heterocycles. The SMILES string of the molecule is Cc1cnc([C@H]2CCCN(Cc3cn[nH]c3-c3cccs3)C2)[nH]1. The van der Waals surface area contributed by atoms with Crippen LogP contribution in [0.25, 0.3) is 10.6 Å². The molecule has 5 nitrogen and oxygen atoms in total. The van der Waals surface area contributed by atoms with Crippen molar-refractivity contribution < 1.29 is 0 Å². The molecular formula is C17H21N5S. The van der Waals surface area contributed by atoms with Gasteiger partial charge in [-0.1, -0.05) is 6.07 Å².